The van der Waals surface area contributed by atoms with E-state index < -0.39 is 0 Å². The Morgan fingerprint density at radius 3 is 2.83 bits per heavy atom. The van der Waals surface area contributed by atoms with Gasteiger partial charge in [-0.1, -0.05) is 31.2 Å². The van der Waals surface area contributed by atoms with E-state index in [-0.39, 0.29) is 0 Å². The molecular weight excluding hydrogens is 302 g/mol. The summed E-state index contributed by atoms with van der Waals surface area (Å²) in [5.74, 6) is 1.74. The van der Waals surface area contributed by atoms with E-state index in [1.807, 2.05) is 32.2 Å². The lowest BCUT2D eigenvalue weighted by molar-refractivity contribution is 0.285. The molecule has 0 unspecified atom stereocenters. The van der Waals surface area contributed by atoms with Crippen LogP contribution in [0.4, 0.5) is 0 Å². The summed E-state index contributed by atoms with van der Waals surface area (Å²) in [6.07, 6.45) is 3.63. The first-order chi connectivity index (χ1) is 11.5. The molecule has 6 heteroatoms. The first-order valence-corrected chi connectivity index (χ1v) is 7.97. The first kappa shape index (κ1) is 16.1. The summed E-state index contributed by atoms with van der Waals surface area (Å²) in [4.78, 5) is 8.43. The third-order valence-corrected chi connectivity index (χ3v) is 3.74. The third-order valence-electron chi connectivity index (χ3n) is 3.74. The highest BCUT2D eigenvalue weighted by Gasteiger charge is 2.08. The predicted octanol–water partition coefficient (Wildman–Crippen LogP) is 3.38. The molecule has 6 nitrogen and oxygen atoms in total. The molecule has 0 atom stereocenters. The minimum atomic E-state index is 0.321. The average molecular weight is 323 g/mol. The molecule has 2 aromatic heterocycles. The zero-order valence-corrected chi connectivity index (χ0v) is 14.4. The van der Waals surface area contributed by atoms with Gasteiger partial charge in [-0.3, -0.25) is 0 Å². The van der Waals surface area contributed by atoms with E-state index in [4.69, 9.17) is 4.74 Å². The van der Waals surface area contributed by atoms with Crippen LogP contribution in [0.25, 0.3) is 5.69 Å². The Morgan fingerprint density at radius 1 is 1.21 bits per heavy atom. The second kappa shape index (κ2) is 6.78. The minimum Gasteiger partial charge on any atom is -0.471 e. The Labute approximate surface area is 141 Å². The molecular formula is C18H21N5O. The molecule has 0 fully saturated rings. The summed E-state index contributed by atoms with van der Waals surface area (Å²) in [5.41, 5.74) is 3.92. The zero-order valence-electron chi connectivity index (χ0n) is 14.4. The lowest BCUT2D eigenvalue weighted by Crippen LogP contribution is -2.01. The van der Waals surface area contributed by atoms with Gasteiger partial charge in [0.25, 0.3) is 0 Å². The summed E-state index contributed by atoms with van der Waals surface area (Å²) >= 11 is 0. The van der Waals surface area contributed by atoms with Crippen LogP contribution in [-0.4, -0.2) is 25.0 Å². The van der Waals surface area contributed by atoms with Crippen molar-refractivity contribution in [2.45, 2.75) is 40.2 Å². The quantitative estimate of drug-likeness (QED) is 0.720. The fourth-order valence-electron chi connectivity index (χ4n) is 2.32. The number of benzene rings is 1. The number of aromatic nitrogens is 5. The fraction of sp³-hybridized carbons (Fsp3) is 0.333. The van der Waals surface area contributed by atoms with Crippen molar-refractivity contribution < 1.29 is 4.74 Å². The van der Waals surface area contributed by atoms with Gasteiger partial charge in [-0.2, -0.15) is 4.98 Å². The van der Waals surface area contributed by atoms with Crippen molar-refractivity contribution in [3.05, 3.63) is 59.3 Å². The molecule has 0 aliphatic carbocycles. The lowest BCUT2D eigenvalue weighted by Gasteiger charge is -2.07. The molecule has 0 spiro atoms. The largest absolute Gasteiger partial charge is 0.471 e. The van der Waals surface area contributed by atoms with E-state index in [9.17, 15) is 0 Å². The first-order valence-electron chi connectivity index (χ1n) is 7.97. The monoisotopic (exact) mass is 323 g/mol. The van der Waals surface area contributed by atoms with Gasteiger partial charge < -0.3 is 4.74 Å². The molecule has 0 radical (unpaired) electrons. The molecule has 0 aliphatic heterocycles. The number of hydrogen-bond acceptors (Lipinski definition) is 5. The van der Waals surface area contributed by atoms with Gasteiger partial charge in [-0.05, 0) is 37.5 Å². The Morgan fingerprint density at radius 2 is 2.04 bits per heavy atom. The highest BCUT2D eigenvalue weighted by Crippen LogP contribution is 2.18. The molecule has 124 valence electrons. The van der Waals surface area contributed by atoms with Crippen molar-refractivity contribution in [3.8, 4) is 11.6 Å². The van der Waals surface area contributed by atoms with Gasteiger partial charge in [0.1, 0.15) is 18.1 Å². The van der Waals surface area contributed by atoms with Gasteiger partial charge in [-0.25, -0.2) is 9.67 Å². The van der Waals surface area contributed by atoms with Crippen molar-refractivity contribution in [2.75, 3.05) is 0 Å². The van der Waals surface area contributed by atoms with Crippen molar-refractivity contribution in [2.24, 2.45) is 0 Å². The van der Waals surface area contributed by atoms with E-state index in [1.165, 1.54) is 5.56 Å². The van der Waals surface area contributed by atoms with Gasteiger partial charge in [0, 0.05) is 11.8 Å². The summed E-state index contributed by atoms with van der Waals surface area (Å²) in [6, 6.07) is 8.30. The van der Waals surface area contributed by atoms with Crippen LogP contribution in [0.15, 0.2) is 36.7 Å². The average Bonchev–Trinajstić information content (AvgIpc) is 3.05. The smallest absolute Gasteiger partial charge is 0.219 e. The maximum absolute atomic E-state index is 5.75. The Hall–Kier alpha value is -2.76. The molecule has 24 heavy (non-hydrogen) atoms. The van der Waals surface area contributed by atoms with E-state index in [0.717, 1.165) is 16.9 Å². The number of nitrogens with zero attached hydrogens (tertiary/aromatic N) is 5. The Kier molecular flexibility index (Phi) is 4.55. The molecule has 3 rings (SSSR count). The van der Waals surface area contributed by atoms with E-state index in [0.29, 0.717) is 24.2 Å². The summed E-state index contributed by atoms with van der Waals surface area (Å²) in [6.45, 7) is 8.42. The van der Waals surface area contributed by atoms with Gasteiger partial charge in [0.15, 0.2) is 0 Å². The van der Waals surface area contributed by atoms with Crippen LogP contribution in [0.3, 0.4) is 0 Å². The molecule has 2 heterocycles. The Bertz CT molecular complexity index is 841. The molecule has 0 aliphatic rings. The normalized spacial score (nSPS) is 11.0. The summed E-state index contributed by atoms with van der Waals surface area (Å²) in [5, 5.41) is 8.37. The molecule has 1 aromatic carbocycles. The van der Waals surface area contributed by atoms with Crippen molar-refractivity contribution in [3.63, 3.8) is 0 Å². The van der Waals surface area contributed by atoms with Crippen molar-refractivity contribution >= 4 is 0 Å². The number of hydrogen-bond donors (Lipinski definition) is 0. The number of ether oxygens (including phenoxy) is 1. The van der Waals surface area contributed by atoms with E-state index in [1.54, 1.807) is 10.9 Å². The molecule has 0 saturated heterocycles. The minimum absolute atomic E-state index is 0.321. The number of rotatable bonds is 5. The lowest BCUT2D eigenvalue weighted by atomic mass is 10.0. The number of aryl methyl sites for hydroxylation is 2. The van der Waals surface area contributed by atoms with Crippen LogP contribution in [0.5, 0.6) is 5.88 Å². The van der Waals surface area contributed by atoms with Crippen LogP contribution >= 0.6 is 0 Å². The van der Waals surface area contributed by atoms with Gasteiger partial charge >= 0.3 is 0 Å². The fourth-order valence-corrected chi connectivity index (χ4v) is 2.32. The van der Waals surface area contributed by atoms with Gasteiger partial charge in [0.2, 0.25) is 5.88 Å². The molecule has 0 bridgehead atoms. The van der Waals surface area contributed by atoms with Crippen molar-refractivity contribution in [1.82, 2.24) is 25.0 Å². The zero-order chi connectivity index (χ0) is 17.1. The topological polar surface area (TPSA) is 65.7 Å². The van der Waals surface area contributed by atoms with Gasteiger partial charge in [0.05, 0.1) is 11.9 Å². The van der Waals surface area contributed by atoms with Crippen molar-refractivity contribution in [1.29, 1.82) is 0 Å². The molecule has 0 amide bonds. The predicted molar refractivity (Wildman–Crippen MR) is 91.3 cm³/mol. The highest BCUT2D eigenvalue weighted by atomic mass is 16.5. The standard InChI is InChI=1S/C18H21N5O/c1-12(2)15-6-5-7-17(8-15)23-10-16(21-22-23)11-24-18-13(3)9-19-14(4)20-18/h5-10,12H,11H2,1-4H3. The van der Waals surface area contributed by atoms with E-state index >= 15 is 0 Å². The third kappa shape index (κ3) is 3.59. The van der Waals surface area contributed by atoms with Crippen LogP contribution in [0.1, 0.15) is 42.4 Å². The van der Waals surface area contributed by atoms with Crippen LogP contribution < -0.4 is 4.74 Å². The Balaban J connectivity index is 1.74. The second-order valence-electron chi connectivity index (χ2n) is 6.10. The van der Waals surface area contributed by atoms with Gasteiger partial charge in [-0.15, -0.1) is 5.10 Å². The maximum Gasteiger partial charge on any atom is 0.219 e. The second-order valence-corrected chi connectivity index (χ2v) is 6.10. The van der Waals surface area contributed by atoms with Crippen LogP contribution in [0.2, 0.25) is 0 Å². The molecule has 3 aromatic rings. The van der Waals surface area contributed by atoms with Crippen LogP contribution in [-0.2, 0) is 6.61 Å². The van der Waals surface area contributed by atoms with Crippen LogP contribution in [0, 0.1) is 13.8 Å². The summed E-state index contributed by atoms with van der Waals surface area (Å²) < 4.78 is 7.51. The SMILES string of the molecule is Cc1ncc(C)c(OCc2cn(-c3cccc(C(C)C)c3)nn2)n1. The summed E-state index contributed by atoms with van der Waals surface area (Å²) in [7, 11) is 0. The highest BCUT2D eigenvalue weighted by molar-refractivity contribution is 5.36. The molecule has 0 saturated carbocycles. The maximum atomic E-state index is 5.75. The molecule has 0 N–H and O–H groups in total. The van der Waals surface area contributed by atoms with E-state index in [2.05, 4.69) is 46.3 Å².